The van der Waals surface area contributed by atoms with Gasteiger partial charge in [-0.2, -0.15) is 0 Å². The van der Waals surface area contributed by atoms with Crippen LogP contribution in [0.2, 0.25) is 0 Å². The van der Waals surface area contributed by atoms with Gasteiger partial charge >= 0.3 is 0 Å². The number of hydrogen-bond acceptors (Lipinski definition) is 2. The molecule has 0 saturated carbocycles. The zero-order chi connectivity index (χ0) is 10.7. The van der Waals surface area contributed by atoms with E-state index in [-0.39, 0.29) is 0 Å². The van der Waals surface area contributed by atoms with Gasteiger partial charge in [-0.1, -0.05) is 6.07 Å². The van der Waals surface area contributed by atoms with Crippen LogP contribution in [-0.2, 0) is 6.54 Å². The molecule has 15 heavy (non-hydrogen) atoms. The summed E-state index contributed by atoms with van der Waals surface area (Å²) in [5, 5.41) is 3.37. The number of hydrogen-bond donors (Lipinski definition) is 1. The molecule has 0 saturated heterocycles. The zero-order valence-electron chi connectivity index (χ0n) is 9.08. The molecule has 0 unspecified atom stereocenters. The Morgan fingerprint density at radius 1 is 1.13 bits per heavy atom. The predicted octanol–water partition coefficient (Wildman–Crippen LogP) is 3.51. The normalized spacial score (nSPS) is 10.3. The Balaban J connectivity index is 2.05. The molecular weight excluding hydrogens is 186 g/mol. The first-order valence-corrected chi connectivity index (χ1v) is 5.07. The lowest BCUT2D eigenvalue weighted by atomic mass is 10.1. The van der Waals surface area contributed by atoms with Gasteiger partial charge in [0.1, 0.15) is 0 Å². The van der Waals surface area contributed by atoms with Crippen LogP contribution in [0.3, 0.4) is 0 Å². The minimum atomic E-state index is 0.805. The topological polar surface area (TPSA) is 25.2 Å². The predicted molar refractivity (Wildman–Crippen MR) is 62.0 cm³/mol. The van der Waals surface area contributed by atoms with Crippen LogP contribution in [0.15, 0.2) is 41.2 Å². The van der Waals surface area contributed by atoms with Crippen LogP contribution in [0.25, 0.3) is 0 Å². The number of rotatable bonds is 3. The molecule has 1 N–H and O–H groups in total. The van der Waals surface area contributed by atoms with Gasteiger partial charge in [-0.15, -0.1) is 0 Å². The van der Waals surface area contributed by atoms with Gasteiger partial charge < -0.3 is 9.73 Å². The lowest BCUT2D eigenvalue weighted by Crippen LogP contribution is -1.98. The second-order valence-electron chi connectivity index (χ2n) is 3.86. The number of furan rings is 1. The van der Waals surface area contributed by atoms with E-state index >= 15 is 0 Å². The molecule has 0 atom stereocenters. The van der Waals surface area contributed by atoms with Crippen LogP contribution in [-0.4, -0.2) is 0 Å². The molecule has 0 amide bonds. The first kappa shape index (κ1) is 9.84. The number of anilines is 1. The highest BCUT2D eigenvalue weighted by Crippen LogP contribution is 2.14. The fraction of sp³-hybridized carbons (Fsp3) is 0.231. The Hall–Kier alpha value is -1.70. The summed E-state index contributed by atoms with van der Waals surface area (Å²) in [4.78, 5) is 0. The van der Waals surface area contributed by atoms with Crippen molar-refractivity contribution in [3.63, 3.8) is 0 Å². The number of benzene rings is 1. The van der Waals surface area contributed by atoms with E-state index in [9.17, 15) is 0 Å². The van der Waals surface area contributed by atoms with Crippen molar-refractivity contribution in [3.05, 3.63) is 53.5 Å². The molecule has 78 valence electrons. The number of nitrogens with one attached hydrogen (secondary N) is 1. The first-order valence-electron chi connectivity index (χ1n) is 5.07. The molecule has 1 aromatic carbocycles. The fourth-order valence-corrected chi connectivity index (χ4v) is 1.67. The van der Waals surface area contributed by atoms with E-state index in [1.807, 2.05) is 6.07 Å². The highest BCUT2D eigenvalue weighted by molar-refractivity contribution is 5.48. The van der Waals surface area contributed by atoms with E-state index in [0.717, 1.165) is 17.8 Å². The van der Waals surface area contributed by atoms with Crippen LogP contribution >= 0.6 is 0 Å². The van der Waals surface area contributed by atoms with Crippen molar-refractivity contribution in [1.29, 1.82) is 0 Å². The quantitative estimate of drug-likeness (QED) is 0.822. The molecule has 0 fully saturated rings. The van der Waals surface area contributed by atoms with E-state index in [1.54, 1.807) is 12.5 Å². The third-order valence-electron chi connectivity index (χ3n) is 2.30. The largest absolute Gasteiger partial charge is 0.472 e. The van der Waals surface area contributed by atoms with Crippen molar-refractivity contribution in [1.82, 2.24) is 0 Å². The molecule has 1 aromatic heterocycles. The Labute approximate surface area is 89.9 Å². The fourth-order valence-electron chi connectivity index (χ4n) is 1.67. The van der Waals surface area contributed by atoms with Crippen molar-refractivity contribution >= 4 is 5.69 Å². The van der Waals surface area contributed by atoms with Gasteiger partial charge in [0.05, 0.1) is 12.5 Å². The van der Waals surface area contributed by atoms with Gasteiger partial charge in [-0.3, -0.25) is 0 Å². The van der Waals surface area contributed by atoms with Crippen LogP contribution in [0.4, 0.5) is 5.69 Å². The lowest BCUT2D eigenvalue weighted by Gasteiger charge is -2.07. The third kappa shape index (κ3) is 2.62. The van der Waals surface area contributed by atoms with Gasteiger partial charge in [-0.05, 0) is 43.2 Å². The number of aryl methyl sites for hydroxylation is 2. The molecule has 0 aliphatic heterocycles. The molecule has 0 radical (unpaired) electrons. The molecule has 2 nitrogen and oxygen atoms in total. The molecule has 2 aromatic rings. The molecular formula is C13H15NO. The monoisotopic (exact) mass is 201 g/mol. The third-order valence-corrected chi connectivity index (χ3v) is 2.30. The van der Waals surface area contributed by atoms with Crippen LogP contribution in [0.1, 0.15) is 16.7 Å². The van der Waals surface area contributed by atoms with Gasteiger partial charge in [0.25, 0.3) is 0 Å². The Morgan fingerprint density at radius 2 is 1.87 bits per heavy atom. The van der Waals surface area contributed by atoms with Crippen molar-refractivity contribution in [2.75, 3.05) is 5.32 Å². The summed E-state index contributed by atoms with van der Waals surface area (Å²) in [6.45, 7) is 5.02. The molecule has 2 heteroatoms. The summed E-state index contributed by atoms with van der Waals surface area (Å²) in [6, 6.07) is 8.43. The van der Waals surface area contributed by atoms with E-state index < -0.39 is 0 Å². The maximum absolute atomic E-state index is 5.01. The lowest BCUT2D eigenvalue weighted by molar-refractivity contribution is 0.564. The highest BCUT2D eigenvalue weighted by Gasteiger charge is 1.97. The smallest absolute Gasteiger partial charge is 0.0952 e. The second-order valence-corrected chi connectivity index (χ2v) is 3.86. The maximum Gasteiger partial charge on any atom is 0.0952 e. The Bertz CT molecular complexity index is 412. The van der Waals surface area contributed by atoms with E-state index in [0.29, 0.717) is 0 Å². The molecule has 0 bridgehead atoms. The van der Waals surface area contributed by atoms with Crippen molar-refractivity contribution in [2.45, 2.75) is 20.4 Å². The average Bonchev–Trinajstić information content (AvgIpc) is 2.65. The Morgan fingerprint density at radius 3 is 2.47 bits per heavy atom. The second kappa shape index (κ2) is 4.22. The zero-order valence-corrected chi connectivity index (χ0v) is 9.08. The summed E-state index contributed by atoms with van der Waals surface area (Å²) < 4.78 is 5.01. The van der Waals surface area contributed by atoms with Crippen LogP contribution in [0, 0.1) is 13.8 Å². The summed E-state index contributed by atoms with van der Waals surface area (Å²) in [5.74, 6) is 0. The minimum absolute atomic E-state index is 0.805. The summed E-state index contributed by atoms with van der Waals surface area (Å²) in [5.41, 5.74) is 4.89. The molecule has 2 rings (SSSR count). The van der Waals surface area contributed by atoms with E-state index in [2.05, 4.69) is 37.4 Å². The van der Waals surface area contributed by atoms with Gasteiger partial charge in [0.2, 0.25) is 0 Å². The van der Waals surface area contributed by atoms with Crippen molar-refractivity contribution in [3.8, 4) is 0 Å². The van der Waals surface area contributed by atoms with E-state index in [4.69, 9.17) is 4.42 Å². The Kier molecular flexibility index (Phi) is 2.77. The van der Waals surface area contributed by atoms with Crippen LogP contribution in [0.5, 0.6) is 0 Å². The van der Waals surface area contributed by atoms with Crippen molar-refractivity contribution < 1.29 is 4.42 Å². The summed E-state index contributed by atoms with van der Waals surface area (Å²) in [7, 11) is 0. The SMILES string of the molecule is Cc1cc(C)cc(NCc2ccoc2)c1. The average molecular weight is 201 g/mol. The van der Waals surface area contributed by atoms with Gasteiger partial charge in [-0.25, -0.2) is 0 Å². The van der Waals surface area contributed by atoms with Crippen molar-refractivity contribution in [2.24, 2.45) is 0 Å². The highest BCUT2D eigenvalue weighted by atomic mass is 16.3. The first-order chi connectivity index (χ1) is 7.24. The summed E-state index contributed by atoms with van der Waals surface area (Å²) >= 11 is 0. The molecule has 0 aliphatic rings. The van der Waals surface area contributed by atoms with Gasteiger partial charge in [0, 0.05) is 17.8 Å². The minimum Gasteiger partial charge on any atom is -0.472 e. The summed E-state index contributed by atoms with van der Waals surface area (Å²) in [6.07, 6.45) is 3.45. The van der Waals surface area contributed by atoms with Crippen LogP contribution < -0.4 is 5.32 Å². The van der Waals surface area contributed by atoms with Gasteiger partial charge in [0.15, 0.2) is 0 Å². The molecule has 1 heterocycles. The standard InChI is InChI=1S/C13H15NO/c1-10-5-11(2)7-13(6-10)14-8-12-3-4-15-9-12/h3-7,9,14H,8H2,1-2H3. The maximum atomic E-state index is 5.01. The van der Waals surface area contributed by atoms with E-state index in [1.165, 1.54) is 11.1 Å². The molecule has 0 aliphatic carbocycles. The molecule has 0 spiro atoms.